The number of hydrogen-bond acceptors (Lipinski definition) is 3. The Morgan fingerprint density at radius 2 is 2.00 bits per heavy atom. The van der Waals surface area contributed by atoms with Crippen molar-refractivity contribution >= 4 is 46.5 Å². The first-order valence-corrected chi connectivity index (χ1v) is 10.2. The number of para-hydroxylation sites is 3. The summed E-state index contributed by atoms with van der Waals surface area (Å²) in [5, 5.41) is 8.26. The summed E-state index contributed by atoms with van der Waals surface area (Å²) in [6.45, 7) is 2.77. The van der Waals surface area contributed by atoms with Gasteiger partial charge >= 0.3 is 0 Å². The number of nitrogens with one attached hydrogen (secondary N) is 3. The molecule has 0 amide bonds. The first-order chi connectivity index (χ1) is 14.3. The van der Waals surface area contributed by atoms with Crippen LogP contribution in [0.25, 0.3) is 10.9 Å². The molecule has 0 aliphatic carbocycles. The highest BCUT2D eigenvalue weighted by Gasteiger charge is 2.25. The monoisotopic (exact) mass is 519 g/mol. The van der Waals surface area contributed by atoms with Gasteiger partial charge in [-0.25, -0.2) is 0 Å². The number of nitrogens with zero attached hydrogens (tertiary/aromatic N) is 2. The SMILES string of the molecule is CN=C(NCCc1cc2ccccc2[nH]1)NC1CCN(c2ccccc2OC)C1.I. The third-order valence-corrected chi connectivity index (χ3v) is 5.45. The van der Waals surface area contributed by atoms with Crippen molar-refractivity contribution in [3.05, 3.63) is 60.3 Å². The van der Waals surface area contributed by atoms with E-state index in [0.717, 1.165) is 49.9 Å². The molecule has 2 aromatic carbocycles. The van der Waals surface area contributed by atoms with Gasteiger partial charge < -0.3 is 25.3 Å². The van der Waals surface area contributed by atoms with Crippen LogP contribution in [0.5, 0.6) is 5.75 Å². The maximum absolute atomic E-state index is 5.51. The van der Waals surface area contributed by atoms with Gasteiger partial charge in [0.25, 0.3) is 0 Å². The Hall–Kier alpha value is -2.42. The van der Waals surface area contributed by atoms with Crippen LogP contribution in [0.15, 0.2) is 59.6 Å². The Balaban J connectivity index is 0.00000256. The zero-order valence-corrected chi connectivity index (χ0v) is 19.9. The topological polar surface area (TPSA) is 64.7 Å². The average molecular weight is 519 g/mol. The third-order valence-electron chi connectivity index (χ3n) is 5.45. The Kier molecular flexibility index (Phi) is 7.84. The minimum atomic E-state index is 0. The highest BCUT2D eigenvalue weighted by Crippen LogP contribution is 2.30. The fraction of sp³-hybridized carbons (Fsp3) is 0.348. The fourth-order valence-corrected chi connectivity index (χ4v) is 3.96. The molecule has 0 spiro atoms. The summed E-state index contributed by atoms with van der Waals surface area (Å²) in [5.41, 5.74) is 3.57. The quantitative estimate of drug-likeness (QED) is 0.264. The number of fused-ring (bicyclic) bond motifs is 1. The summed E-state index contributed by atoms with van der Waals surface area (Å²) >= 11 is 0. The molecule has 1 atom stereocenters. The number of anilines is 1. The molecule has 1 aliphatic heterocycles. The molecular weight excluding hydrogens is 489 g/mol. The van der Waals surface area contributed by atoms with E-state index in [9.17, 15) is 0 Å². The zero-order chi connectivity index (χ0) is 20.1. The Bertz CT molecular complexity index is 953. The molecule has 6 nitrogen and oxygen atoms in total. The molecule has 3 aromatic rings. The molecule has 0 bridgehead atoms. The van der Waals surface area contributed by atoms with Crippen molar-refractivity contribution in [1.29, 1.82) is 0 Å². The number of guanidine groups is 1. The second-order valence-electron chi connectivity index (χ2n) is 7.38. The number of benzene rings is 2. The van der Waals surface area contributed by atoms with E-state index in [1.807, 2.05) is 19.2 Å². The van der Waals surface area contributed by atoms with Crippen LogP contribution in [0.1, 0.15) is 12.1 Å². The van der Waals surface area contributed by atoms with Gasteiger partial charge in [-0.15, -0.1) is 24.0 Å². The van der Waals surface area contributed by atoms with E-state index in [1.54, 1.807) is 7.11 Å². The molecule has 1 aliphatic rings. The molecule has 7 heteroatoms. The van der Waals surface area contributed by atoms with E-state index in [-0.39, 0.29) is 24.0 Å². The molecule has 1 saturated heterocycles. The number of hydrogen-bond donors (Lipinski definition) is 3. The van der Waals surface area contributed by atoms with E-state index >= 15 is 0 Å². The van der Waals surface area contributed by atoms with Gasteiger partial charge in [-0.05, 0) is 36.1 Å². The summed E-state index contributed by atoms with van der Waals surface area (Å²) < 4.78 is 5.51. The second-order valence-corrected chi connectivity index (χ2v) is 7.38. The molecule has 1 fully saturated rings. The van der Waals surface area contributed by atoms with Crippen molar-refractivity contribution in [3.63, 3.8) is 0 Å². The number of rotatable bonds is 6. The number of methoxy groups -OCH3 is 1. The van der Waals surface area contributed by atoms with E-state index in [1.165, 1.54) is 16.6 Å². The summed E-state index contributed by atoms with van der Waals surface area (Å²) in [6, 6.07) is 19.2. The minimum Gasteiger partial charge on any atom is -0.495 e. The molecular formula is C23H30IN5O. The predicted molar refractivity (Wildman–Crippen MR) is 136 cm³/mol. The maximum Gasteiger partial charge on any atom is 0.191 e. The van der Waals surface area contributed by atoms with Crippen LogP contribution in [-0.2, 0) is 6.42 Å². The van der Waals surface area contributed by atoms with Crippen LogP contribution < -0.4 is 20.3 Å². The van der Waals surface area contributed by atoms with Gasteiger partial charge in [0, 0.05) is 50.4 Å². The van der Waals surface area contributed by atoms with Crippen LogP contribution >= 0.6 is 24.0 Å². The molecule has 2 heterocycles. The van der Waals surface area contributed by atoms with Crippen LogP contribution in [-0.4, -0.2) is 50.8 Å². The van der Waals surface area contributed by atoms with Gasteiger partial charge in [0.15, 0.2) is 5.96 Å². The lowest BCUT2D eigenvalue weighted by Gasteiger charge is -2.22. The molecule has 1 aromatic heterocycles. The summed E-state index contributed by atoms with van der Waals surface area (Å²) in [7, 11) is 3.55. The lowest BCUT2D eigenvalue weighted by Crippen LogP contribution is -2.45. The zero-order valence-electron chi connectivity index (χ0n) is 17.5. The maximum atomic E-state index is 5.51. The molecule has 0 saturated carbocycles. The molecule has 3 N–H and O–H groups in total. The van der Waals surface area contributed by atoms with Crippen molar-refractivity contribution in [1.82, 2.24) is 15.6 Å². The van der Waals surface area contributed by atoms with E-state index < -0.39 is 0 Å². The van der Waals surface area contributed by atoms with Gasteiger partial charge in [-0.3, -0.25) is 4.99 Å². The van der Waals surface area contributed by atoms with Gasteiger partial charge in [-0.2, -0.15) is 0 Å². The molecule has 30 heavy (non-hydrogen) atoms. The van der Waals surface area contributed by atoms with Crippen molar-refractivity contribution in [2.24, 2.45) is 4.99 Å². The van der Waals surface area contributed by atoms with Crippen molar-refractivity contribution in [3.8, 4) is 5.75 Å². The van der Waals surface area contributed by atoms with E-state index in [2.05, 4.69) is 68.0 Å². The van der Waals surface area contributed by atoms with Crippen molar-refractivity contribution < 1.29 is 4.74 Å². The Labute approximate surface area is 195 Å². The highest BCUT2D eigenvalue weighted by atomic mass is 127. The number of halogens is 1. The third kappa shape index (κ3) is 5.19. The summed E-state index contributed by atoms with van der Waals surface area (Å²) in [6.07, 6.45) is 1.99. The normalized spacial score (nSPS) is 16.4. The lowest BCUT2D eigenvalue weighted by atomic mass is 10.2. The average Bonchev–Trinajstić information content (AvgIpc) is 3.39. The van der Waals surface area contributed by atoms with E-state index in [0.29, 0.717) is 6.04 Å². The van der Waals surface area contributed by atoms with Crippen LogP contribution in [0, 0.1) is 0 Å². The van der Waals surface area contributed by atoms with Gasteiger partial charge in [0.1, 0.15) is 5.75 Å². The molecule has 160 valence electrons. The molecule has 0 radical (unpaired) electrons. The smallest absolute Gasteiger partial charge is 0.191 e. The standard InChI is InChI=1S/C23H29N5O.HI/c1-24-23(25-13-11-18-15-17-7-3-4-8-20(17)26-18)27-19-12-14-28(16-19)21-9-5-6-10-22(21)29-2;/h3-10,15,19,26H,11-14,16H2,1-2H3,(H2,24,25,27);1H. The van der Waals surface area contributed by atoms with Gasteiger partial charge in [-0.1, -0.05) is 30.3 Å². The number of aliphatic imine (C=N–C) groups is 1. The van der Waals surface area contributed by atoms with Gasteiger partial charge in [0.2, 0.25) is 0 Å². The van der Waals surface area contributed by atoms with Gasteiger partial charge in [0.05, 0.1) is 12.8 Å². The number of aromatic amines is 1. The number of ether oxygens (including phenoxy) is 1. The second kappa shape index (κ2) is 10.6. The highest BCUT2D eigenvalue weighted by molar-refractivity contribution is 14.0. The summed E-state index contributed by atoms with van der Waals surface area (Å²) in [5.74, 6) is 1.78. The van der Waals surface area contributed by atoms with E-state index in [4.69, 9.17) is 4.74 Å². The van der Waals surface area contributed by atoms with Crippen LogP contribution in [0.3, 0.4) is 0 Å². The first kappa shape index (κ1) is 22.3. The minimum absolute atomic E-state index is 0. The van der Waals surface area contributed by atoms with Crippen LogP contribution in [0.4, 0.5) is 5.69 Å². The number of H-pyrrole nitrogens is 1. The van der Waals surface area contributed by atoms with Crippen LogP contribution in [0.2, 0.25) is 0 Å². The Morgan fingerprint density at radius 3 is 2.80 bits per heavy atom. The van der Waals surface area contributed by atoms with Crippen molar-refractivity contribution in [2.75, 3.05) is 38.7 Å². The Morgan fingerprint density at radius 1 is 1.20 bits per heavy atom. The van der Waals surface area contributed by atoms with Crippen molar-refractivity contribution in [2.45, 2.75) is 18.9 Å². The molecule has 1 unspecified atom stereocenters. The fourth-order valence-electron chi connectivity index (χ4n) is 3.96. The predicted octanol–water partition coefficient (Wildman–Crippen LogP) is 3.78. The lowest BCUT2D eigenvalue weighted by molar-refractivity contribution is 0.415. The largest absolute Gasteiger partial charge is 0.495 e. The first-order valence-electron chi connectivity index (χ1n) is 10.2. The molecule has 4 rings (SSSR count). The number of aromatic nitrogens is 1. The summed E-state index contributed by atoms with van der Waals surface area (Å²) in [4.78, 5) is 10.2.